The molecule has 1 aromatic carbocycles. The zero-order valence-electron chi connectivity index (χ0n) is 10.5. The standard InChI is InChI=1S/C14H15N3O2/c18-14(19)17-9-7-16(8-10-17)12-5-1-3-11-4-2-6-15-13(11)12/h1-6H,7-10H2,(H,18,19). The predicted octanol–water partition coefficient (Wildman–Crippen LogP) is 2.03. The van der Waals surface area contributed by atoms with E-state index in [4.69, 9.17) is 5.11 Å². The number of carbonyl (C=O) groups is 1. The summed E-state index contributed by atoms with van der Waals surface area (Å²) in [6.07, 6.45) is 0.954. The van der Waals surface area contributed by atoms with Crippen LogP contribution in [0.5, 0.6) is 0 Å². The Labute approximate surface area is 111 Å². The summed E-state index contributed by atoms with van der Waals surface area (Å²) in [5.41, 5.74) is 2.07. The lowest BCUT2D eigenvalue weighted by molar-refractivity contribution is 0.142. The van der Waals surface area contributed by atoms with Gasteiger partial charge in [0, 0.05) is 37.8 Å². The van der Waals surface area contributed by atoms with Crippen LogP contribution in [0.3, 0.4) is 0 Å². The van der Waals surface area contributed by atoms with Gasteiger partial charge in [-0.15, -0.1) is 0 Å². The number of para-hydroxylation sites is 1. The van der Waals surface area contributed by atoms with Gasteiger partial charge in [0.25, 0.3) is 0 Å². The molecule has 1 N–H and O–H groups in total. The van der Waals surface area contributed by atoms with Gasteiger partial charge in [0.15, 0.2) is 0 Å². The largest absolute Gasteiger partial charge is 0.465 e. The Balaban J connectivity index is 1.88. The maximum Gasteiger partial charge on any atom is 0.407 e. The summed E-state index contributed by atoms with van der Waals surface area (Å²) < 4.78 is 0. The van der Waals surface area contributed by atoms with Gasteiger partial charge in [-0.1, -0.05) is 18.2 Å². The number of carboxylic acid groups (broad SMARTS) is 1. The summed E-state index contributed by atoms with van der Waals surface area (Å²) in [4.78, 5) is 19.0. The van der Waals surface area contributed by atoms with Crippen molar-refractivity contribution in [1.29, 1.82) is 0 Å². The Morgan fingerprint density at radius 1 is 1.11 bits per heavy atom. The van der Waals surface area contributed by atoms with Crippen LogP contribution in [0.1, 0.15) is 0 Å². The molecule has 1 aromatic heterocycles. The molecular weight excluding hydrogens is 242 g/mol. The van der Waals surface area contributed by atoms with E-state index in [0.29, 0.717) is 26.2 Å². The van der Waals surface area contributed by atoms with Gasteiger partial charge >= 0.3 is 6.09 Å². The number of pyridine rings is 1. The number of rotatable bonds is 1. The van der Waals surface area contributed by atoms with Crippen molar-refractivity contribution in [2.75, 3.05) is 31.1 Å². The molecule has 0 aliphatic carbocycles. The fraction of sp³-hybridized carbons (Fsp3) is 0.286. The fourth-order valence-corrected chi connectivity index (χ4v) is 2.48. The molecule has 0 radical (unpaired) electrons. The van der Waals surface area contributed by atoms with Gasteiger partial charge in [-0.2, -0.15) is 0 Å². The van der Waals surface area contributed by atoms with Crippen molar-refractivity contribution in [1.82, 2.24) is 9.88 Å². The maximum absolute atomic E-state index is 10.9. The van der Waals surface area contributed by atoms with Crippen LogP contribution in [0, 0.1) is 0 Å². The van der Waals surface area contributed by atoms with Crippen molar-refractivity contribution < 1.29 is 9.90 Å². The first-order valence-corrected chi connectivity index (χ1v) is 6.32. The number of amides is 1. The van der Waals surface area contributed by atoms with E-state index in [-0.39, 0.29) is 0 Å². The second-order valence-corrected chi connectivity index (χ2v) is 4.61. The molecular formula is C14H15N3O2. The average Bonchev–Trinajstić information content (AvgIpc) is 2.47. The summed E-state index contributed by atoms with van der Waals surface area (Å²) in [6, 6.07) is 10.1. The van der Waals surface area contributed by atoms with Crippen molar-refractivity contribution in [3.8, 4) is 0 Å². The van der Waals surface area contributed by atoms with E-state index in [1.165, 1.54) is 4.90 Å². The third-order valence-electron chi connectivity index (χ3n) is 3.50. The fourth-order valence-electron chi connectivity index (χ4n) is 2.48. The van der Waals surface area contributed by atoms with E-state index in [1.54, 1.807) is 6.20 Å². The molecule has 2 heterocycles. The summed E-state index contributed by atoms with van der Waals surface area (Å²) in [6.45, 7) is 2.50. The van der Waals surface area contributed by atoms with Gasteiger partial charge in [-0.05, 0) is 12.1 Å². The zero-order valence-corrected chi connectivity index (χ0v) is 10.5. The van der Waals surface area contributed by atoms with Crippen molar-refractivity contribution in [3.63, 3.8) is 0 Å². The van der Waals surface area contributed by atoms with Gasteiger partial charge in [0.1, 0.15) is 0 Å². The van der Waals surface area contributed by atoms with Crippen molar-refractivity contribution in [3.05, 3.63) is 36.5 Å². The Morgan fingerprint density at radius 3 is 2.58 bits per heavy atom. The molecule has 0 spiro atoms. The topological polar surface area (TPSA) is 56.7 Å². The Hall–Kier alpha value is -2.30. The van der Waals surface area contributed by atoms with Crippen LogP contribution < -0.4 is 4.90 Å². The summed E-state index contributed by atoms with van der Waals surface area (Å²) >= 11 is 0. The van der Waals surface area contributed by atoms with Gasteiger partial charge in [-0.25, -0.2) is 4.79 Å². The van der Waals surface area contributed by atoms with E-state index in [9.17, 15) is 4.79 Å². The summed E-state index contributed by atoms with van der Waals surface area (Å²) in [5.74, 6) is 0. The lowest BCUT2D eigenvalue weighted by atomic mass is 10.1. The van der Waals surface area contributed by atoms with Crippen molar-refractivity contribution >= 4 is 22.7 Å². The summed E-state index contributed by atoms with van der Waals surface area (Å²) in [5, 5.41) is 10.1. The molecule has 5 nitrogen and oxygen atoms in total. The highest BCUT2D eigenvalue weighted by atomic mass is 16.4. The molecule has 3 rings (SSSR count). The molecule has 98 valence electrons. The number of hydrogen-bond donors (Lipinski definition) is 1. The quantitative estimate of drug-likeness (QED) is 0.849. The third-order valence-corrected chi connectivity index (χ3v) is 3.50. The smallest absolute Gasteiger partial charge is 0.407 e. The third kappa shape index (κ3) is 2.19. The van der Waals surface area contributed by atoms with Crippen LogP contribution in [0.2, 0.25) is 0 Å². The minimum absolute atomic E-state index is 0.540. The Kier molecular flexibility index (Phi) is 2.95. The molecule has 0 bridgehead atoms. The van der Waals surface area contributed by atoms with Crippen LogP contribution in [0.4, 0.5) is 10.5 Å². The van der Waals surface area contributed by atoms with Crippen LogP contribution >= 0.6 is 0 Å². The van der Waals surface area contributed by atoms with Gasteiger partial charge in [0.05, 0.1) is 11.2 Å². The highest BCUT2D eigenvalue weighted by Crippen LogP contribution is 2.25. The first-order chi connectivity index (χ1) is 9.25. The van der Waals surface area contributed by atoms with Crippen molar-refractivity contribution in [2.45, 2.75) is 0 Å². The second-order valence-electron chi connectivity index (χ2n) is 4.61. The minimum atomic E-state index is -0.837. The van der Waals surface area contributed by atoms with E-state index in [2.05, 4.69) is 9.88 Å². The lowest BCUT2D eigenvalue weighted by Gasteiger charge is -2.34. The Bertz CT molecular complexity index is 601. The molecule has 1 aliphatic rings. The van der Waals surface area contributed by atoms with Gasteiger partial charge in [-0.3, -0.25) is 4.98 Å². The number of anilines is 1. The molecule has 0 saturated carbocycles. The van der Waals surface area contributed by atoms with Crippen LogP contribution in [-0.4, -0.2) is 47.3 Å². The number of piperazine rings is 1. The number of nitrogens with zero attached hydrogens (tertiary/aromatic N) is 3. The number of aromatic nitrogens is 1. The zero-order chi connectivity index (χ0) is 13.2. The molecule has 1 fully saturated rings. The SMILES string of the molecule is O=C(O)N1CCN(c2cccc3cccnc23)CC1. The molecule has 1 aliphatic heterocycles. The number of benzene rings is 1. The average molecular weight is 257 g/mol. The van der Waals surface area contributed by atoms with E-state index >= 15 is 0 Å². The van der Waals surface area contributed by atoms with E-state index in [1.807, 2.05) is 30.3 Å². The molecule has 5 heteroatoms. The highest BCUT2D eigenvalue weighted by Gasteiger charge is 2.21. The predicted molar refractivity (Wildman–Crippen MR) is 73.6 cm³/mol. The molecule has 1 amide bonds. The van der Waals surface area contributed by atoms with Crippen LogP contribution in [0.25, 0.3) is 10.9 Å². The lowest BCUT2D eigenvalue weighted by Crippen LogP contribution is -2.48. The van der Waals surface area contributed by atoms with Crippen molar-refractivity contribution in [2.24, 2.45) is 0 Å². The second kappa shape index (κ2) is 4.76. The first kappa shape index (κ1) is 11.8. The normalized spacial score (nSPS) is 15.8. The Morgan fingerprint density at radius 2 is 1.84 bits per heavy atom. The van der Waals surface area contributed by atoms with Crippen LogP contribution in [-0.2, 0) is 0 Å². The monoisotopic (exact) mass is 257 g/mol. The molecule has 19 heavy (non-hydrogen) atoms. The number of fused-ring (bicyclic) bond motifs is 1. The maximum atomic E-state index is 10.9. The van der Waals surface area contributed by atoms with E-state index in [0.717, 1.165) is 16.6 Å². The summed E-state index contributed by atoms with van der Waals surface area (Å²) in [7, 11) is 0. The van der Waals surface area contributed by atoms with Crippen LogP contribution in [0.15, 0.2) is 36.5 Å². The molecule has 1 saturated heterocycles. The molecule has 2 aromatic rings. The first-order valence-electron chi connectivity index (χ1n) is 6.32. The molecule has 0 unspecified atom stereocenters. The molecule has 0 atom stereocenters. The van der Waals surface area contributed by atoms with Gasteiger partial charge in [0.2, 0.25) is 0 Å². The van der Waals surface area contributed by atoms with Gasteiger partial charge < -0.3 is 14.9 Å². The highest BCUT2D eigenvalue weighted by molar-refractivity contribution is 5.90. The number of hydrogen-bond acceptors (Lipinski definition) is 3. The minimum Gasteiger partial charge on any atom is -0.465 e. The van der Waals surface area contributed by atoms with E-state index < -0.39 is 6.09 Å².